The zero-order valence-electron chi connectivity index (χ0n) is 20.1. The Morgan fingerprint density at radius 2 is 1.78 bits per heavy atom. The van der Waals surface area contributed by atoms with Crippen LogP contribution in [-0.2, 0) is 24.1 Å². The van der Waals surface area contributed by atoms with Crippen molar-refractivity contribution in [3.05, 3.63) is 95.4 Å². The lowest BCUT2D eigenvalue weighted by Crippen LogP contribution is -2.20. The third kappa shape index (κ3) is 5.23. The van der Waals surface area contributed by atoms with E-state index in [0.29, 0.717) is 17.0 Å². The molecular formula is C27H23F3N6O. The second kappa shape index (κ2) is 9.53. The molecule has 5 aromatic rings. The fourth-order valence-corrected chi connectivity index (χ4v) is 4.23. The van der Waals surface area contributed by atoms with Crippen LogP contribution in [0, 0.1) is 13.8 Å². The number of alkyl halides is 3. The SMILES string of the molecule is Cc1ccc(-c2ccnc3c2c(C)nn3CC(=O)Nc2ccn(Cc3cccc(C(F)(F)F)c3)n2)cc1. The molecule has 0 fully saturated rings. The van der Waals surface area contributed by atoms with Gasteiger partial charge in [0.15, 0.2) is 11.5 Å². The number of hydrogen-bond donors (Lipinski definition) is 1. The fraction of sp³-hybridized carbons (Fsp3) is 0.185. The topological polar surface area (TPSA) is 77.6 Å². The van der Waals surface area contributed by atoms with Gasteiger partial charge in [-0.1, -0.05) is 42.0 Å². The first-order valence-electron chi connectivity index (χ1n) is 11.6. The molecule has 5 rings (SSSR count). The molecule has 0 unspecified atom stereocenters. The van der Waals surface area contributed by atoms with Crippen LogP contribution in [0.4, 0.5) is 19.0 Å². The van der Waals surface area contributed by atoms with Gasteiger partial charge in [0.05, 0.1) is 17.8 Å². The number of rotatable bonds is 6. The van der Waals surface area contributed by atoms with E-state index in [9.17, 15) is 18.0 Å². The monoisotopic (exact) mass is 504 g/mol. The zero-order chi connectivity index (χ0) is 26.2. The number of fused-ring (bicyclic) bond motifs is 1. The van der Waals surface area contributed by atoms with E-state index in [0.717, 1.165) is 39.9 Å². The van der Waals surface area contributed by atoms with Gasteiger partial charge in [0.2, 0.25) is 5.91 Å². The van der Waals surface area contributed by atoms with Gasteiger partial charge < -0.3 is 5.32 Å². The predicted octanol–water partition coefficient (Wildman–Crippen LogP) is 5.62. The van der Waals surface area contributed by atoms with Crippen molar-refractivity contribution in [2.75, 3.05) is 5.32 Å². The summed E-state index contributed by atoms with van der Waals surface area (Å²) >= 11 is 0. The van der Waals surface area contributed by atoms with E-state index < -0.39 is 11.7 Å². The maximum absolute atomic E-state index is 13.0. The lowest BCUT2D eigenvalue weighted by atomic mass is 10.0. The summed E-state index contributed by atoms with van der Waals surface area (Å²) in [5, 5.41) is 12.4. The minimum absolute atomic E-state index is 0.0742. The average molecular weight is 505 g/mol. The number of hydrogen-bond acceptors (Lipinski definition) is 4. The number of pyridine rings is 1. The van der Waals surface area contributed by atoms with Gasteiger partial charge in [0.1, 0.15) is 6.54 Å². The Morgan fingerprint density at radius 1 is 1.00 bits per heavy atom. The van der Waals surface area contributed by atoms with Crippen molar-refractivity contribution in [2.24, 2.45) is 0 Å². The predicted molar refractivity (Wildman–Crippen MR) is 134 cm³/mol. The van der Waals surface area contributed by atoms with Crippen LogP contribution in [0.25, 0.3) is 22.2 Å². The van der Waals surface area contributed by atoms with Crippen LogP contribution in [0.5, 0.6) is 0 Å². The molecule has 188 valence electrons. The normalized spacial score (nSPS) is 11.7. The third-order valence-electron chi connectivity index (χ3n) is 5.97. The molecule has 0 atom stereocenters. The van der Waals surface area contributed by atoms with Crippen molar-refractivity contribution < 1.29 is 18.0 Å². The molecular weight excluding hydrogens is 481 g/mol. The van der Waals surface area contributed by atoms with Gasteiger partial charge in [-0.2, -0.15) is 23.4 Å². The van der Waals surface area contributed by atoms with Crippen LogP contribution in [0.1, 0.15) is 22.4 Å². The summed E-state index contributed by atoms with van der Waals surface area (Å²) in [6.07, 6.45) is -1.12. The van der Waals surface area contributed by atoms with Crippen molar-refractivity contribution in [1.29, 1.82) is 0 Å². The molecule has 0 bridgehead atoms. The largest absolute Gasteiger partial charge is 0.416 e. The lowest BCUT2D eigenvalue weighted by molar-refractivity contribution is -0.137. The highest BCUT2D eigenvalue weighted by Gasteiger charge is 2.30. The van der Waals surface area contributed by atoms with Gasteiger partial charge in [-0.3, -0.25) is 9.48 Å². The second-order valence-corrected chi connectivity index (χ2v) is 8.81. The van der Waals surface area contributed by atoms with Gasteiger partial charge in [0, 0.05) is 23.8 Å². The van der Waals surface area contributed by atoms with E-state index in [1.807, 2.05) is 44.2 Å². The van der Waals surface area contributed by atoms with Crippen LogP contribution >= 0.6 is 0 Å². The number of anilines is 1. The molecule has 0 spiro atoms. The quantitative estimate of drug-likeness (QED) is 0.326. The molecule has 1 amide bonds. The van der Waals surface area contributed by atoms with Gasteiger partial charge in [-0.25, -0.2) is 9.67 Å². The molecule has 7 nitrogen and oxygen atoms in total. The number of amides is 1. The molecule has 0 aliphatic carbocycles. The summed E-state index contributed by atoms with van der Waals surface area (Å²) in [5.74, 6) is -0.0604. The number of carbonyl (C=O) groups is 1. The zero-order valence-corrected chi connectivity index (χ0v) is 20.1. The molecule has 3 aromatic heterocycles. The lowest BCUT2D eigenvalue weighted by Gasteiger charge is -2.09. The fourth-order valence-electron chi connectivity index (χ4n) is 4.23. The van der Waals surface area contributed by atoms with Gasteiger partial charge in [-0.05, 0) is 48.7 Å². The van der Waals surface area contributed by atoms with Crippen LogP contribution in [0.15, 0.2) is 73.1 Å². The molecule has 2 aromatic carbocycles. The van der Waals surface area contributed by atoms with Crippen LogP contribution in [-0.4, -0.2) is 30.5 Å². The Balaban J connectivity index is 1.30. The van der Waals surface area contributed by atoms with E-state index >= 15 is 0 Å². The Labute approximate surface area is 210 Å². The number of nitrogens with zero attached hydrogens (tertiary/aromatic N) is 5. The maximum atomic E-state index is 13.0. The van der Waals surface area contributed by atoms with Crippen molar-refractivity contribution >= 4 is 22.8 Å². The molecule has 0 saturated heterocycles. The minimum Gasteiger partial charge on any atom is -0.308 e. The molecule has 1 N–H and O–H groups in total. The highest BCUT2D eigenvalue weighted by atomic mass is 19.4. The van der Waals surface area contributed by atoms with Crippen LogP contribution < -0.4 is 5.32 Å². The minimum atomic E-state index is -4.41. The molecule has 37 heavy (non-hydrogen) atoms. The second-order valence-electron chi connectivity index (χ2n) is 8.81. The first-order valence-corrected chi connectivity index (χ1v) is 11.6. The van der Waals surface area contributed by atoms with Gasteiger partial charge in [-0.15, -0.1) is 0 Å². The Hall–Kier alpha value is -4.47. The highest BCUT2D eigenvalue weighted by Crippen LogP contribution is 2.31. The smallest absolute Gasteiger partial charge is 0.308 e. The number of aryl methyl sites for hydroxylation is 2. The van der Waals surface area contributed by atoms with E-state index in [1.165, 1.54) is 10.7 Å². The van der Waals surface area contributed by atoms with E-state index in [-0.39, 0.29) is 19.0 Å². The standard InChI is InChI=1S/C27H23F3N6O/c1-17-6-8-20(9-7-17)22-10-12-31-26-25(22)18(2)33-36(26)16-24(37)32-23-11-13-35(34-23)15-19-4-3-5-21(14-19)27(28,29)30/h3-14H,15-16H2,1-2H3,(H,32,34,37). The van der Waals surface area contributed by atoms with Gasteiger partial charge >= 0.3 is 6.18 Å². The van der Waals surface area contributed by atoms with Crippen molar-refractivity contribution in [3.8, 4) is 11.1 Å². The number of nitrogens with one attached hydrogen (secondary N) is 1. The molecule has 10 heteroatoms. The van der Waals surface area contributed by atoms with E-state index in [2.05, 4.69) is 20.5 Å². The van der Waals surface area contributed by atoms with Crippen molar-refractivity contribution in [3.63, 3.8) is 0 Å². The Kier molecular flexibility index (Phi) is 6.24. The van der Waals surface area contributed by atoms with E-state index in [1.54, 1.807) is 29.2 Å². The molecule has 0 aliphatic heterocycles. The number of halogens is 3. The summed E-state index contributed by atoms with van der Waals surface area (Å²) in [6, 6.07) is 16.8. The summed E-state index contributed by atoms with van der Waals surface area (Å²) in [5.41, 5.74) is 4.28. The molecule has 3 heterocycles. The molecule has 0 aliphatic rings. The third-order valence-corrected chi connectivity index (χ3v) is 5.97. The summed E-state index contributed by atoms with van der Waals surface area (Å²) in [4.78, 5) is 17.2. The number of aromatic nitrogens is 5. The van der Waals surface area contributed by atoms with Crippen molar-refractivity contribution in [1.82, 2.24) is 24.5 Å². The van der Waals surface area contributed by atoms with E-state index in [4.69, 9.17) is 0 Å². The highest BCUT2D eigenvalue weighted by molar-refractivity contribution is 5.96. The maximum Gasteiger partial charge on any atom is 0.416 e. The van der Waals surface area contributed by atoms with Crippen LogP contribution in [0.2, 0.25) is 0 Å². The van der Waals surface area contributed by atoms with Gasteiger partial charge in [0.25, 0.3) is 0 Å². The van der Waals surface area contributed by atoms with Crippen LogP contribution in [0.3, 0.4) is 0 Å². The van der Waals surface area contributed by atoms with Crippen molar-refractivity contribution in [2.45, 2.75) is 33.1 Å². The number of carbonyl (C=O) groups excluding carboxylic acids is 1. The Bertz CT molecular complexity index is 1580. The first-order chi connectivity index (χ1) is 17.7. The number of benzene rings is 2. The molecule has 0 radical (unpaired) electrons. The average Bonchev–Trinajstić information content (AvgIpc) is 3.42. The summed E-state index contributed by atoms with van der Waals surface area (Å²) in [7, 11) is 0. The summed E-state index contributed by atoms with van der Waals surface area (Å²) < 4.78 is 41.9. The molecule has 0 saturated carbocycles. The summed E-state index contributed by atoms with van der Waals surface area (Å²) in [6.45, 7) is 3.97. The first kappa shape index (κ1) is 24.2. The Morgan fingerprint density at radius 3 is 2.54 bits per heavy atom.